The number of nitrogens with zero attached hydrogens (tertiary/aromatic N) is 2. The Kier molecular flexibility index (Phi) is 3.12. The SMILES string of the molecule is C=C(OC)[C@@H]1CN(C)CCN1C. The molecule has 3 nitrogen and oxygen atoms in total. The Bertz CT molecular complexity index is 170. The van der Waals surface area contributed by atoms with Gasteiger partial charge in [-0.15, -0.1) is 0 Å². The lowest BCUT2D eigenvalue weighted by Gasteiger charge is -2.37. The van der Waals surface area contributed by atoms with Crippen molar-refractivity contribution in [1.29, 1.82) is 0 Å². The molecule has 12 heavy (non-hydrogen) atoms. The first-order chi connectivity index (χ1) is 5.65. The molecule has 0 aliphatic carbocycles. The van der Waals surface area contributed by atoms with Gasteiger partial charge in [0.25, 0.3) is 0 Å². The maximum atomic E-state index is 5.15. The molecular formula is C9H18N2O. The maximum Gasteiger partial charge on any atom is 0.107 e. The van der Waals surface area contributed by atoms with Crippen LogP contribution in [0.1, 0.15) is 0 Å². The first kappa shape index (κ1) is 9.55. The average Bonchev–Trinajstić information content (AvgIpc) is 2.08. The van der Waals surface area contributed by atoms with Crippen molar-refractivity contribution in [1.82, 2.24) is 9.80 Å². The fourth-order valence-electron chi connectivity index (χ4n) is 1.49. The number of methoxy groups -OCH3 is 1. The third-order valence-corrected chi connectivity index (χ3v) is 2.48. The quantitative estimate of drug-likeness (QED) is 0.558. The van der Waals surface area contributed by atoms with Crippen molar-refractivity contribution in [2.75, 3.05) is 40.8 Å². The van der Waals surface area contributed by atoms with Crippen molar-refractivity contribution >= 4 is 0 Å². The molecule has 3 heteroatoms. The van der Waals surface area contributed by atoms with Crippen LogP contribution in [-0.4, -0.2) is 56.7 Å². The zero-order chi connectivity index (χ0) is 9.14. The van der Waals surface area contributed by atoms with E-state index in [9.17, 15) is 0 Å². The average molecular weight is 170 g/mol. The molecule has 0 radical (unpaired) electrons. The monoisotopic (exact) mass is 170 g/mol. The van der Waals surface area contributed by atoms with E-state index in [2.05, 4.69) is 30.5 Å². The smallest absolute Gasteiger partial charge is 0.107 e. The zero-order valence-corrected chi connectivity index (χ0v) is 8.21. The number of piperazine rings is 1. The standard InChI is InChI=1S/C9H18N2O/c1-8(12-4)9-7-10(2)5-6-11(9)3/h9H,1,5-7H2,2-4H3/t9-/m0/s1. The second kappa shape index (κ2) is 3.92. The van der Waals surface area contributed by atoms with E-state index in [0.717, 1.165) is 25.4 Å². The van der Waals surface area contributed by atoms with Crippen LogP contribution in [0, 0.1) is 0 Å². The first-order valence-corrected chi connectivity index (χ1v) is 4.26. The maximum absolute atomic E-state index is 5.15. The number of hydrogen-bond acceptors (Lipinski definition) is 3. The molecule has 0 N–H and O–H groups in total. The van der Waals surface area contributed by atoms with Gasteiger partial charge in [0.05, 0.1) is 13.2 Å². The van der Waals surface area contributed by atoms with Gasteiger partial charge in [0, 0.05) is 19.6 Å². The van der Waals surface area contributed by atoms with Gasteiger partial charge in [-0.3, -0.25) is 4.90 Å². The lowest BCUT2D eigenvalue weighted by atomic mass is 10.1. The summed E-state index contributed by atoms with van der Waals surface area (Å²) in [6.07, 6.45) is 0. The van der Waals surface area contributed by atoms with Crippen LogP contribution in [0.3, 0.4) is 0 Å². The van der Waals surface area contributed by atoms with Crippen molar-refractivity contribution in [3.05, 3.63) is 12.3 Å². The van der Waals surface area contributed by atoms with Crippen molar-refractivity contribution < 1.29 is 4.74 Å². The van der Waals surface area contributed by atoms with E-state index in [-0.39, 0.29) is 0 Å². The first-order valence-electron chi connectivity index (χ1n) is 4.26. The predicted octanol–water partition coefficient (Wildman–Crippen LogP) is 0.392. The molecule has 0 amide bonds. The van der Waals surface area contributed by atoms with E-state index < -0.39 is 0 Å². The minimum Gasteiger partial charge on any atom is -0.500 e. The summed E-state index contributed by atoms with van der Waals surface area (Å²) < 4.78 is 5.15. The number of hydrogen-bond donors (Lipinski definition) is 0. The highest BCUT2D eigenvalue weighted by atomic mass is 16.5. The summed E-state index contributed by atoms with van der Waals surface area (Å²) in [4.78, 5) is 4.58. The Morgan fingerprint density at radius 3 is 2.67 bits per heavy atom. The molecule has 1 fully saturated rings. The van der Waals surface area contributed by atoms with E-state index in [4.69, 9.17) is 4.74 Å². The van der Waals surface area contributed by atoms with Crippen molar-refractivity contribution in [2.24, 2.45) is 0 Å². The number of ether oxygens (including phenoxy) is 1. The molecule has 1 aliphatic rings. The molecule has 1 atom stereocenters. The highest BCUT2D eigenvalue weighted by Gasteiger charge is 2.24. The second-order valence-corrected chi connectivity index (χ2v) is 3.43. The van der Waals surface area contributed by atoms with E-state index in [1.54, 1.807) is 7.11 Å². The van der Waals surface area contributed by atoms with Crippen molar-refractivity contribution in [3.63, 3.8) is 0 Å². The summed E-state index contributed by atoms with van der Waals surface area (Å²) in [5.74, 6) is 0.865. The minimum atomic E-state index is 0.355. The van der Waals surface area contributed by atoms with Gasteiger partial charge < -0.3 is 9.64 Å². The minimum absolute atomic E-state index is 0.355. The highest BCUT2D eigenvalue weighted by Crippen LogP contribution is 2.13. The largest absolute Gasteiger partial charge is 0.500 e. The topological polar surface area (TPSA) is 15.7 Å². The fourth-order valence-corrected chi connectivity index (χ4v) is 1.49. The molecule has 0 aromatic rings. The molecule has 0 bridgehead atoms. The Balaban J connectivity index is 2.54. The molecule has 1 saturated heterocycles. The van der Waals surface area contributed by atoms with Crippen LogP contribution in [0.15, 0.2) is 12.3 Å². The molecular weight excluding hydrogens is 152 g/mol. The summed E-state index contributed by atoms with van der Waals surface area (Å²) in [5, 5.41) is 0. The molecule has 70 valence electrons. The van der Waals surface area contributed by atoms with Crippen molar-refractivity contribution in [3.8, 4) is 0 Å². The van der Waals surface area contributed by atoms with Gasteiger partial charge in [-0.05, 0) is 14.1 Å². The van der Waals surface area contributed by atoms with E-state index in [1.807, 2.05) is 0 Å². The molecule has 0 saturated carbocycles. The lowest BCUT2D eigenvalue weighted by molar-refractivity contribution is 0.0948. The predicted molar refractivity (Wildman–Crippen MR) is 50.1 cm³/mol. The van der Waals surface area contributed by atoms with Crippen LogP contribution in [-0.2, 0) is 4.74 Å². The molecule has 1 heterocycles. The lowest BCUT2D eigenvalue weighted by Crippen LogP contribution is -2.50. The van der Waals surface area contributed by atoms with E-state index >= 15 is 0 Å². The summed E-state index contributed by atoms with van der Waals surface area (Å²) in [5.41, 5.74) is 0. The van der Waals surface area contributed by atoms with Crippen LogP contribution in [0.5, 0.6) is 0 Å². The van der Waals surface area contributed by atoms with Crippen LogP contribution >= 0.6 is 0 Å². The van der Waals surface area contributed by atoms with Crippen LogP contribution in [0.2, 0.25) is 0 Å². The van der Waals surface area contributed by atoms with Gasteiger partial charge in [-0.1, -0.05) is 6.58 Å². The molecule has 0 spiro atoms. The van der Waals surface area contributed by atoms with Crippen molar-refractivity contribution in [2.45, 2.75) is 6.04 Å². The summed E-state index contributed by atoms with van der Waals surface area (Å²) in [7, 11) is 5.93. The normalized spacial score (nSPS) is 27.1. The number of likely N-dealkylation sites (N-methyl/N-ethyl adjacent to an activating group) is 2. The van der Waals surface area contributed by atoms with Crippen LogP contribution < -0.4 is 0 Å². The Morgan fingerprint density at radius 2 is 2.08 bits per heavy atom. The van der Waals surface area contributed by atoms with E-state index in [0.29, 0.717) is 6.04 Å². The Morgan fingerprint density at radius 1 is 1.42 bits per heavy atom. The van der Waals surface area contributed by atoms with Gasteiger partial charge >= 0.3 is 0 Å². The van der Waals surface area contributed by atoms with Gasteiger partial charge in [0.1, 0.15) is 5.76 Å². The van der Waals surface area contributed by atoms with Gasteiger partial charge in [-0.25, -0.2) is 0 Å². The van der Waals surface area contributed by atoms with Gasteiger partial charge in [-0.2, -0.15) is 0 Å². The molecule has 0 unspecified atom stereocenters. The Hall–Kier alpha value is -0.540. The second-order valence-electron chi connectivity index (χ2n) is 3.43. The molecule has 0 aromatic heterocycles. The van der Waals surface area contributed by atoms with Gasteiger partial charge in [0.2, 0.25) is 0 Å². The molecule has 1 aliphatic heterocycles. The Labute approximate surface area is 74.6 Å². The number of rotatable bonds is 2. The van der Waals surface area contributed by atoms with E-state index in [1.165, 1.54) is 0 Å². The van der Waals surface area contributed by atoms with Crippen LogP contribution in [0.25, 0.3) is 0 Å². The van der Waals surface area contributed by atoms with Crippen LogP contribution in [0.4, 0.5) is 0 Å². The van der Waals surface area contributed by atoms with Gasteiger partial charge in [0.15, 0.2) is 0 Å². The summed E-state index contributed by atoms with van der Waals surface area (Å²) in [6.45, 7) is 7.12. The fraction of sp³-hybridized carbons (Fsp3) is 0.778. The summed E-state index contributed by atoms with van der Waals surface area (Å²) >= 11 is 0. The third kappa shape index (κ3) is 1.99. The highest BCUT2D eigenvalue weighted by molar-refractivity contribution is 5.00. The molecule has 0 aromatic carbocycles. The zero-order valence-electron chi connectivity index (χ0n) is 8.21. The molecule has 1 rings (SSSR count). The third-order valence-electron chi connectivity index (χ3n) is 2.48. The summed E-state index contributed by atoms with van der Waals surface area (Å²) in [6, 6.07) is 0.355.